The Hall–Kier alpha value is -1.83. The van der Waals surface area contributed by atoms with Crippen LogP contribution in [0.1, 0.15) is 5.56 Å². The number of fused-ring (bicyclic) bond motifs is 1. The largest absolute Gasteiger partial charge is 0.411 e. The third kappa shape index (κ3) is 1.59. The van der Waals surface area contributed by atoms with E-state index < -0.39 is 0 Å². The molecule has 14 heavy (non-hydrogen) atoms. The van der Waals surface area contributed by atoms with E-state index in [4.69, 9.17) is 5.21 Å². The Morgan fingerprint density at radius 3 is 2.71 bits per heavy atom. The van der Waals surface area contributed by atoms with Crippen molar-refractivity contribution in [3.63, 3.8) is 0 Å². The molecule has 0 aromatic heterocycles. The SMILES string of the molecule is O/N=C\Cc1cccc2ccccc12. The molecule has 0 aliphatic heterocycles. The minimum absolute atomic E-state index is 0.665. The van der Waals surface area contributed by atoms with Crippen molar-refractivity contribution < 1.29 is 5.21 Å². The molecule has 2 aromatic rings. The van der Waals surface area contributed by atoms with Crippen molar-refractivity contribution >= 4 is 17.0 Å². The first-order valence-electron chi connectivity index (χ1n) is 4.54. The predicted molar refractivity (Wildman–Crippen MR) is 57.9 cm³/mol. The van der Waals surface area contributed by atoms with Gasteiger partial charge in [0.15, 0.2) is 0 Å². The fourth-order valence-corrected chi connectivity index (χ4v) is 1.61. The van der Waals surface area contributed by atoms with Crippen LogP contribution in [0.5, 0.6) is 0 Å². The summed E-state index contributed by atoms with van der Waals surface area (Å²) in [4.78, 5) is 0. The van der Waals surface area contributed by atoms with Gasteiger partial charge in [-0.15, -0.1) is 5.16 Å². The molecule has 0 spiro atoms. The Morgan fingerprint density at radius 1 is 1.07 bits per heavy atom. The van der Waals surface area contributed by atoms with Crippen LogP contribution in [0.4, 0.5) is 0 Å². The zero-order valence-corrected chi connectivity index (χ0v) is 7.72. The smallest absolute Gasteiger partial charge is 0.0479 e. The van der Waals surface area contributed by atoms with E-state index in [9.17, 15) is 0 Å². The van der Waals surface area contributed by atoms with Crippen LogP contribution in [0.3, 0.4) is 0 Å². The van der Waals surface area contributed by atoms with Crippen molar-refractivity contribution in [3.8, 4) is 0 Å². The van der Waals surface area contributed by atoms with E-state index in [0.717, 1.165) is 0 Å². The maximum atomic E-state index is 8.37. The molecule has 2 rings (SSSR count). The molecule has 2 nitrogen and oxygen atoms in total. The summed E-state index contributed by atoms with van der Waals surface area (Å²) in [6.07, 6.45) is 2.17. The summed E-state index contributed by atoms with van der Waals surface area (Å²) in [6, 6.07) is 14.3. The molecule has 0 amide bonds. The van der Waals surface area contributed by atoms with Crippen LogP contribution < -0.4 is 0 Å². The van der Waals surface area contributed by atoms with E-state index in [1.165, 1.54) is 22.6 Å². The molecule has 0 heterocycles. The van der Waals surface area contributed by atoms with E-state index in [0.29, 0.717) is 6.42 Å². The molecular formula is C12H11NO. The lowest BCUT2D eigenvalue weighted by Crippen LogP contribution is -1.87. The molecule has 0 fully saturated rings. The van der Waals surface area contributed by atoms with Gasteiger partial charge in [0, 0.05) is 12.6 Å². The number of nitrogens with zero attached hydrogens (tertiary/aromatic N) is 1. The second kappa shape index (κ2) is 3.92. The molecule has 0 bridgehead atoms. The fraction of sp³-hybridized carbons (Fsp3) is 0.0833. The molecule has 70 valence electrons. The van der Waals surface area contributed by atoms with Crippen LogP contribution in [0.25, 0.3) is 10.8 Å². The van der Waals surface area contributed by atoms with Crippen LogP contribution in [0.15, 0.2) is 47.6 Å². The molecule has 0 aliphatic carbocycles. The number of rotatable bonds is 2. The molecule has 1 N–H and O–H groups in total. The normalized spacial score (nSPS) is 11.1. The van der Waals surface area contributed by atoms with E-state index in [1.807, 2.05) is 24.3 Å². The fourth-order valence-electron chi connectivity index (χ4n) is 1.61. The van der Waals surface area contributed by atoms with Gasteiger partial charge in [-0.2, -0.15) is 0 Å². The first-order chi connectivity index (χ1) is 6.92. The van der Waals surface area contributed by atoms with Crippen LogP contribution >= 0.6 is 0 Å². The van der Waals surface area contributed by atoms with Crippen molar-refractivity contribution in [2.45, 2.75) is 6.42 Å². The van der Waals surface area contributed by atoms with Crippen LogP contribution in [0, 0.1) is 0 Å². The van der Waals surface area contributed by atoms with E-state index in [2.05, 4.69) is 23.4 Å². The average Bonchev–Trinajstić information content (AvgIpc) is 2.26. The van der Waals surface area contributed by atoms with Crippen molar-refractivity contribution in [2.75, 3.05) is 0 Å². The van der Waals surface area contributed by atoms with Gasteiger partial charge < -0.3 is 5.21 Å². The Morgan fingerprint density at radius 2 is 1.86 bits per heavy atom. The van der Waals surface area contributed by atoms with Crippen molar-refractivity contribution in [1.82, 2.24) is 0 Å². The summed E-state index contributed by atoms with van der Waals surface area (Å²) in [5, 5.41) is 13.8. The lowest BCUT2D eigenvalue weighted by atomic mass is 10.0. The topological polar surface area (TPSA) is 32.6 Å². The van der Waals surface area contributed by atoms with Gasteiger partial charge in [0.2, 0.25) is 0 Å². The number of hydrogen-bond acceptors (Lipinski definition) is 2. The van der Waals surface area contributed by atoms with Crippen molar-refractivity contribution in [1.29, 1.82) is 0 Å². The summed E-state index contributed by atoms with van der Waals surface area (Å²) < 4.78 is 0. The molecule has 0 atom stereocenters. The monoisotopic (exact) mass is 185 g/mol. The maximum Gasteiger partial charge on any atom is 0.0479 e. The van der Waals surface area contributed by atoms with E-state index in [-0.39, 0.29) is 0 Å². The second-order valence-corrected chi connectivity index (χ2v) is 3.14. The Labute approximate surface area is 82.5 Å². The number of benzene rings is 2. The third-order valence-corrected chi connectivity index (χ3v) is 2.27. The Balaban J connectivity index is 2.53. The van der Waals surface area contributed by atoms with Gasteiger partial charge in [0.25, 0.3) is 0 Å². The van der Waals surface area contributed by atoms with Crippen LogP contribution in [0.2, 0.25) is 0 Å². The standard InChI is InChI=1S/C12H11NO/c14-13-9-8-11-6-3-5-10-4-1-2-7-12(10)11/h1-7,9,14H,8H2/b13-9-. The first-order valence-corrected chi connectivity index (χ1v) is 4.54. The van der Waals surface area contributed by atoms with Gasteiger partial charge in [-0.25, -0.2) is 0 Å². The van der Waals surface area contributed by atoms with Crippen molar-refractivity contribution in [3.05, 3.63) is 48.0 Å². The Kier molecular flexibility index (Phi) is 2.45. The molecule has 2 aromatic carbocycles. The van der Waals surface area contributed by atoms with Crippen LogP contribution in [-0.2, 0) is 6.42 Å². The summed E-state index contributed by atoms with van der Waals surface area (Å²) in [5.41, 5.74) is 1.18. The minimum atomic E-state index is 0.665. The lowest BCUT2D eigenvalue weighted by molar-refractivity contribution is 0.321. The third-order valence-electron chi connectivity index (χ3n) is 2.27. The summed E-state index contributed by atoms with van der Waals surface area (Å²) >= 11 is 0. The minimum Gasteiger partial charge on any atom is -0.411 e. The van der Waals surface area contributed by atoms with E-state index >= 15 is 0 Å². The number of oxime groups is 1. The van der Waals surface area contributed by atoms with Gasteiger partial charge in [-0.05, 0) is 16.3 Å². The summed E-state index contributed by atoms with van der Waals surface area (Å²) in [7, 11) is 0. The zero-order chi connectivity index (χ0) is 9.80. The highest BCUT2D eigenvalue weighted by Crippen LogP contribution is 2.18. The predicted octanol–water partition coefficient (Wildman–Crippen LogP) is 2.84. The quantitative estimate of drug-likeness (QED) is 0.435. The van der Waals surface area contributed by atoms with Gasteiger partial charge in [0.05, 0.1) is 0 Å². The van der Waals surface area contributed by atoms with Crippen molar-refractivity contribution in [2.24, 2.45) is 5.16 Å². The van der Waals surface area contributed by atoms with Gasteiger partial charge >= 0.3 is 0 Å². The molecular weight excluding hydrogens is 174 g/mol. The summed E-state index contributed by atoms with van der Waals surface area (Å²) in [5.74, 6) is 0. The highest BCUT2D eigenvalue weighted by molar-refractivity contribution is 5.87. The average molecular weight is 185 g/mol. The highest BCUT2D eigenvalue weighted by Gasteiger charge is 1.97. The lowest BCUT2D eigenvalue weighted by Gasteiger charge is -2.02. The molecule has 0 saturated heterocycles. The highest BCUT2D eigenvalue weighted by atomic mass is 16.4. The van der Waals surface area contributed by atoms with Gasteiger partial charge in [0.1, 0.15) is 0 Å². The van der Waals surface area contributed by atoms with Gasteiger partial charge in [-0.3, -0.25) is 0 Å². The van der Waals surface area contributed by atoms with Crippen LogP contribution in [-0.4, -0.2) is 11.4 Å². The number of hydrogen-bond donors (Lipinski definition) is 1. The zero-order valence-electron chi connectivity index (χ0n) is 7.72. The molecule has 0 radical (unpaired) electrons. The molecule has 0 aliphatic rings. The molecule has 0 unspecified atom stereocenters. The second-order valence-electron chi connectivity index (χ2n) is 3.14. The molecule has 2 heteroatoms. The Bertz CT molecular complexity index is 457. The molecule has 0 saturated carbocycles. The van der Waals surface area contributed by atoms with Gasteiger partial charge in [-0.1, -0.05) is 42.5 Å². The first kappa shape index (κ1) is 8.75. The summed E-state index contributed by atoms with van der Waals surface area (Å²) in [6.45, 7) is 0. The maximum absolute atomic E-state index is 8.37. The van der Waals surface area contributed by atoms with E-state index in [1.54, 1.807) is 0 Å².